The first-order valence-electron chi connectivity index (χ1n) is 9.94. The van der Waals surface area contributed by atoms with E-state index in [0.29, 0.717) is 16.9 Å². The summed E-state index contributed by atoms with van der Waals surface area (Å²) in [5, 5.41) is 15.2. The minimum atomic E-state index is -0.795. The molecule has 0 spiro atoms. The molecule has 2 unspecified atom stereocenters. The van der Waals surface area contributed by atoms with Gasteiger partial charge in [-0.1, -0.05) is 6.92 Å². The third-order valence-electron chi connectivity index (χ3n) is 5.53. The van der Waals surface area contributed by atoms with Crippen LogP contribution in [0.25, 0.3) is 10.2 Å². The Morgan fingerprint density at radius 2 is 2.16 bits per heavy atom. The van der Waals surface area contributed by atoms with Crippen molar-refractivity contribution in [3.05, 3.63) is 67.1 Å². The number of thiophene rings is 1. The number of benzene rings is 1. The molecule has 2 atom stereocenters. The lowest BCUT2D eigenvalue weighted by Crippen LogP contribution is -2.34. The molecule has 160 valence electrons. The summed E-state index contributed by atoms with van der Waals surface area (Å²) in [7, 11) is 0. The van der Waals surface area contributed by atoms with Crippen LogP contribution in [0.15, 0.2) is 40.5 Å². The Kier molecular flexibility index (Phi) is 5.64. The molecule has 0 saturated carbocycles. The highest BCUT2D eigenvalue weighted by atomic mass is 32.1. The molecule has 1 aromatic carbocycles. The van der Waals surface area contributed by atoms with E-state index in [-0.39, 0.29) is 11.2 Å². The molecule has 9 nitrogen and oxygen atoms in total. The van der Waals surface area contributed by atoms with Crippen molar-refractivity contribution in [1.82, 2.24) is 15.0 Å². The lowest BCUT2D eigenvalue weighted by atomic mass is 9.89. The Labute approximate surface area is 181 Å². The zero-order valence-electron chi connectivity index (χ0n) is 17.1. The van der Waals surface area contributed by atoms with Gasteiger partial charge < -0.3 is 0 Å². The molecule has 1 amide bonds. The molecule has 31 heavy (non-hydrogen) atoms. The summed E-state index contributed by atoms with van der Waals surface area (Å²) in [4.78, 5) is 42.3. The Balaban J connectivity index is 1.51. The van der Waals surface area contributed by atoms with E-state index < -0.39 is 16.9 Å². The number of nitro benzene ring substituents is 1. The van der Waals surface area contributed by atoms with Gasteiger partial charge in [0, 0.05) is 17.0 Å². The van der Waals surface area contributed by atoms with Crippen LogP contribution in [0.1, 0.15) is 42.3 Å². The molecule has 4 rings (SSSR count). The Morgan fingerprint density at radius 1 is 1.42 bits per heavy atom. The molecule has 0 aliphatic heterocycles. The van der Waals surface area contributed by atoms with Gasteiger partial charge >= 0.3 is 0 Å². The Hall–Kier alpha value is -3.40. The molecule has 2 aromatic heterocycles. The molecule has 0 fully saturated rings. The zero-order chi connectivity index (χ0) is 22.1. The van der Waals surface area contributed by atoms with Gasteiger partial charge in [0.15, 0.2) is 0 Å². The largest absolute Gasteiger partial charge is 0.286 e. The van der Waals surface area contributed by atoms with Crippen LogP contribution >= 0.6 is 11.3 Å². The number of hydrogen-bond donors (Lipinski definition) is 1. The number of amides is 1. The predicted octanol–water partition coefficient (Wildman–Crippen LogP) is 3.20. The summed E-state index contributed by atoms with van der Waals surface area (Å²) in [6.07, 6.45) is 5.66. The number of fused-ring (bicyclic) bond motifs is 3. The molecule has 1 aliphatic rings. The first kappa shape index (κ1) is 20.9. The fraction of sp³-hybridized carbons (Fsp3) is 0.333. The van der Waals surface area contributed by atoms with E-state index in [1.807, 2.05) is 0 Å². The van der Waals surface area contributed by atoms with Gasteiger partial charge in [-0.3, -0.25) is 24.3 Å². The van der Waals surface area contributed by atoms with Crippen LogP contribution < -0.4 is 11.0 Å². The average molecular weight is 439 g/mol. The smallest absolute Gasteiger partial charge is 0.269 e. The average Bonchev–Trinajstić information content (AvgIpc) is 3.12. The van der Waals surface area contributed by atoms with E-state index >= 15 is 0 Å². The van der Waals surface area contributed by atoms with Crippen molar-refractivity contribution in [3.63, 3.8) is 0 Å². The number of carbonyl (C=O) groups is 1. The summed E-state index contributed by atoms with van der Waals surface area (Å²) < 4.78 is 1.34. The lowest BCUT2D eigenvalue weighted by Gasteiger charge is -2.18. The second kappa shape index (κ2) is 8.38. The van der Waals surface area contributed by atoms with Gasteiger partial charge in [0.1, 0.15) is 10.9 Å². The third-order valence-corrected chi connectivity index (χ3v) is 6.69. The molecular formula is C21H21N5O4S. The number of non-ortho nitro benzene ring substituents is 1. The standard InChI is InChI=1S/C21H21N5O4S/c1-12-3-8-16-17(9-12)31-20-18(16)21(28)25(11-22-20)13(2)19(27)24-23-10-14-4-6-15(7-5-14)26(29)30/h4-7,10-13H,3,8-9H2,1-2H3,(H,24,27). The normalized spacial score (nSPS) is 16.9. The molecule has 10 heteroatoms. The van der Waals surface area contributed by atoms with Crippen LogP contribution in [0, 0.1) is 16.0 Å². The summed E-state index contributed by atoms with van der Waals surface area (Å²) >= 11 is 1.57. The van der Waals surface area contributed by atoms with Crippen LogP contribution in [-0.4, -0.2) is 26.6 Å². The minimum Gasteiger partial charge on any atom is -0.286 e. The van der Waals surface area contributed by atoms with Gasteiger partial charge in [0.2, 0.25) is 0 Å². The van der Waals surface area contributed by atoms with Crippen molar-refractivity contribution in [2.45, 2.75) is 39.2 Å². The quantitative estimate of drug-likeness (QED) is 0.372. The molecule has 1 N–H and O–H groups in total. The van der Waals surface area contributed by atoms with Gasteiger partial charge in [-0.25, -0.2) is 10.4 Å². The molecule has 2 heterocycles. The van der Waals surface area contributed by atoms with E-state index in [4.69, 9.17) is 0 Å². The number of aryl methyl sites for hydroxylation is 1. The van der Waals surface area contributed by atoms with Gasteiger partial charge in [-0.15, -0.1) is 11.3 Å². The van der Waals surface area contributed by atoms with Crippen LogP contribution in [0.4, 0.5) is 5.69 Å². The highest BCUT2D eigenvalue weighted by Gasteiger charge is 2.25. The SMILES string of the molecule is CC1CCc2c(sc3ncn(C(C)C(=O)NN=Cc4ccc([N+](=O)[O-])cc4)c(=O)c23)C1. The third kappa shape index (κ3) is 4.11. The topological polar surface area (TPSA) is 119 Å². The molecule has 1 aliphatic carbocycles. The number of nitrogens with zero attached hydrogens (tertiary/aromatic N) is 4. The summed E-state index contributed by atoms with van der Waals surface area (Å²) in [6.45, 7) is 3.83. The van der Waals surface area contributed by atoms with Crippen LogP contribution in [0.3, 0.4) is 0 Å². The van der Waals surface area contributed by atoms with Crippen molar-refractivity contribution in [2.75, 3.05) is 0 Å². The van der Waals surface area contributed by atoms with Crippen LogP contribution in [0.5, 0.6) is 0 Å². The van der Waals surface area contributed by atoms with Gasteiger partial charge in [-0.05, 0) is 55.4 Å². The second-order valence-electron chi connectivity index (χ2n) is 7.75. The monoisotopic (exact) mass is 439 g/mol. The fourth-order valence-corrected chi connectivity index (χ4v) is 5.03. The Morgan fingerprint density at radius 3 is 2.87 bits per heavy atom. The van der Waals surface area contributed by atoms with Gasteiger partial charge in [0.25, 0.3) is 17.2 Å². The number of aromatic nitrogens is 2. The van der Waals surface area contributed by atoms with Crippen molar-refractivity contribution in [1.29, 1.82) is 0 Å². The molecule has 3 aromatic rings. The zero-order valence-corrected chi connectivity index (χ0v) is 17.9. The second-order valence-corrected chi connectivity index (χ2v) is 8.83. The number of hydrazone groups is 1. The van der Waals surface area contributed by atoms with Crippen molar-refractivity contribution >= 4 is 39.4 Å². The number of rotatable bonds is 5. The van der Waals surface area contributed by atoms with Crippen molar-refractivity contribution in [2.24, 2.45) is 11.0 Å². The van der Waals surface area contributed by atoms with E-state index in [1.165, 1.54) is 46.3 Å². The van der Waals surface area contributed by atoms with Gasteiger partial charge in [0.05, 0.1) is 22.9 Å². The van der Waals surface area contributed by atoms with Crippen LogP contribution in [-0.2, 0) is 17.6 Å². The highest BCUT2D eigenvalue weighted by molar-refractivity contribution is 7.18. The summed E-state index contributed by atoms with van der Waals surface area (Å²) in [5.74, 6) is 0.139. The fourth-order valence-electron chi connectivity index (χ4n) is 3.69. The summed E-state index contributed by atoms with van der Waals surface area (Å²) in [5.41, 5.74) is 3.85. The van der Waals surface area contributed by atoms with E-state index in [2.05, 4.69) is 22.4 Å². The molecular weight excluding hydrogens is 418 g/mol. The first-order chi connectivity index (χ1) is 14.8. The van der Waals surface area contributed by atoms with E-state index in [9.17, 15) is 19.7 Å². The first-order valence-corrected chi connectivity index (χ1v) is 10.8. The number of hydrogen-bond acceptors (Lipinski definition) is 7. The Bertz CT molecular complexity index is 1250. The molecule has 0 bridgehead atoms. The highest BCUT2D eigenvalue weighted by Crippen LogP contribution is 2.35. The van der Waals surface area contributed by atoms with E-state index in [0.717, 1.165) is 29.7 Å². The lowest BCUT2D eigenvalue weighted by molar-refractivity contribution is -0.384. The van der Waals surface area contributed by atoms with Crippen LogP contribution in [0.2, 0.25) is 0 Å². The maximum absolute atomic E-state index is 13.1. The predicted molar refractivity (Wildman–Crippen MR) is 119 cm³/mol. The summed E-state index contributed by atoms with van der Waals surface area (Å²) in [6, 6.07) is 4.97. The molecule has 0 radical (unpaired) electrons. The maximum atomic E-state index is 13.1. The minimum absolute atomic E-state index is 0.0258. The van der Waals surface area contributed by atoms with Crippen molar-refractivity contribution in [3.8, 4) is 0 Å². The van der Waals surface area contributed by atoms with Crippen molar-refractivity contribution < 1.29 is 9.72 Å². The number of nitro groups is 1. The maximum Gasteiger partial charge on any atom is 0.269 e. The molecule has 0 saturated heterocycles. The van der Waals surface area contributed by atoms with Gasteiger partial charge in [-0.2, -0.15) is 5.10 Å². The number of carbonyl (C=O) groups excluding carboxylic acids is 1. The number of nitrogens with one attached hydrogen (secondary N) is 1. The van der Waals surface area contributed by atoms with E-state index in [1.54, 1.807) is 18.3 Å².